The lowest BCUT2D eigenvalue weighted by atomic mass is 10.3. The first-order valence-electron chi connectivity index (χ1n) is 4.51. The van der Waals surface area contributed by atoms with Gasteiger partial charge in [-0.25, -0.2) is 4.98 Å². The van der Waals surface area contributed by atoms with Gasteiger partial charge in [0.25, 0.3) is 0 Å². The van der Waals surface area contributed by atoms with Crippen molar-refractivity contribution in [2.45, 2.75) is 13.5 Å². The van der Waals surface area contributed by atoms with Gasteiger partial charge in [-0.15, -0.1) is 0 Å². The molecule has 14 heavy (non-hydrogen) atoms. The first-order valence-corrected chi connectivity index (χ1v) is 5.30. The van der Waals surface area contributed by atoms with Crippen molar-refractivity contribution in [2.75, 3.05) is 7.05 Å². The molecule has 0 fully saturated rings. The minimum atomic E-state index is 0.829. The van der Waals surface area contributed by atoms with Crippen LogP contribution in [0.5, 0.6) is 0 Å². The Labute approximate surface area is 91.3 Å². The van der Waals surface area contributed by atoms with Crippen molar-refractivity contribution in [1.29, 1.82) is 0 Å². The molecule has 0 aliphatic rings. The Bertz CT molecular complexity index is 462. The highest BCUT2D eigenvalue weighted by molar-refractivity contribution is 9.10. The number of imidazole rings is 1. The molecule has 0 radical (unpaired) electrons. The van der Waals surface area contributed by atoms with Gasteiger partial charge in [0, 0.05) is 6.54 Å². The van der Waals surface area contributed by atoms with Crippen LogP contribution in [0.15, 0.2) is 22.8 Å². The van der Waals surface area contributed by atoms with Gasteiger partial charge in [0.05, 0.1) is 16.0 Å². The van der Waals surface area contributed by atoms with Crippen LogP contribution in [0.3, 0.4) is 0 Å². The molecule has 0 saturated heterocycles. The van der Waals surface area contributed by atoms with Gasteiger partial charge in [-0.1, -0.05) is 6.07 Å². The van der Waals surface area contributed by atoms with Crippen molar-refractivity contribution in [3.63, 3.8) is 0 Å². The van der Waals surface area contributed by atoms with Gasteiger partial charge in [-0.2, -0.15) is 0 Å². The van der Waals surface area contributed by atoms with E-state index in [1.54, 1.807) is 0 Å². The lowest BCUT2D eigenvalue weighted by molar-refractivity contribution is 0.772. The second kappa shape index (κ2) is 3.71. The van der Waals surface area contributed by atoms with E-state index in [0.717, 1.165) is 22.5 Å². The fraction of sp³-hybridized carbons (Fsp3) is 0.300. The Morgan fingerprint density at radius 2 is 2.29 bits per heavy atom. The summed E-state index contributed by atoms with van der Waals surface area (Å²) >= 11 is 3.53. The fourth-order valence-corrected chi connectivity index (χ4v) is 2.15. The van der Waals surface area contributed by atoms with Crippen molar-refractivity contribution in [3.05, 3.63) is 34.2 Å². The van der Waals surface area contributed by atoms with Crippen LogP contribution < -0.4 is 5.32 Å². The van der Waals surface area contributed by atoms with Gasteiger partial charge in [0.15, 0.2) is 0 Å². The predicted octanol–water partition coefficient (Wildman–Crippen LogP) is 2.12. The average Bonchev–Trinajstić information content (AvgIpc) is 2.45. The molecule has 2 aromatic rings. The maximum Gasteiger partial charge on any atom is 0.138 e. The lowest BCUT2D eigenvalue weighted by Crippen LogP contribution is -2.09. The van der Waals surface area contributed by atoms with Gasteiger partial charge in [-0.05, 0) is 42.0 Å². The minimum absolute atomic E-state index is 0.829. The number of hydrogen-bond acceptors (Lipinski definition) is 2. The van der Waals surface area contributed by atoms with Crippen molar-refractivity contribution in [1.82, 2.24) is 14.7 Å². The SMILES string of the molecule is CNCc1c(C)nc2cccc(Br)n12. The second-order valence-corrected chi connectivity index (χ2v) is 4.03. The van der Waals surface area contributed by atoms with Crippen LogP contribution >= 0.6 is 15.9 Å². The van der Waals surface area contributed by atoms with Crippen LogP contribution in [0.25, 0.3) is 5.65 Å². The van der Waals surface area contributed by atoms with Crippen LogP contribution in [0, 0.1) is 6.92 Å². The van der Waals surface area contributed by atoms with Gasteiger partial charge in [0.1, 0.15) is 5.65 Å². The highest BCUT2D eigenvalue weighted by Gasteiger charge is 2.08. The number of nitrogens with one attached hydrogen (secondary N) is 1. The summed E-state index contributed by atoms with van der Waals surface area (Å²) < 4.78 is 3.16. The fourth-order valence-electron chi connectivity index (χ4n) is 1.60. The van der Waals surface area contributed by atoms with Crippen molar-refractivity contribution in [2.24, 2.45) is 0 Å². The molecule has 0 saturated carbocycles. The Hall–Kier alpha value is -0.870. The summed E-state index contributed by atoms with van der Waals surface area (Å²) in [5.74, 6) is 0. The molecule has 0 bridgehead atoms. The highest BCUT2D eigenvalue weighted by atomic mass is 79.9. The molecule has 0 atom stereocenters. The molecule has 2 heterocycles. The maximum atomic E-state index is 4.49. The molecule has 4 heteroatoms. The van der Waals surface area contributed by atoms with Gasteiger partial charge >= 0.3 is 0 Å². The molecule has 2 rings (SSSR count). The van der Waals surface area contributed by atoms with Gasteiger partial charge in [-0.3, -0.25) is 4.40 Å². The van der Waals surface area contributed by atoms with E-state index in [4.69, 9.17) is 0 Å². The number of pyridine rings is 1. The zero-order valence-electron chi connectivity index (χ0n) is 8.21. The standard InChI is InChI=1S/C10H12BrN3/c1-7-8(6-12-2)14-9(11)4-3-5-10(14)13-7/h3-5,12H,6H2,1-2H3. The van der Waals surface area contributed by atoms with Gasteiger partial charge < -0.3 is 5.32 Å². The largest absolute Gasteiger partial charge is 0.314 e. The molecule has 0 aromatic carbocycles. The molecular formula is C10H12BrN3. The number of aromatic nitrogens is 2. The lowest BCUT2D eigenvalue weighted by Gasteiger charge is -2.03. The molecule has 74 valence electrons. The van der Waals surface area contributed by atoms with Crippen LogP contribution in [0.4, 0.5) is 0 Å². The van der Waals surface area contributed by atoms with E-state index in [2.05, 4.69) is 30.6 Å². The smallest absolute Gasteiger partial charge is 0.138 e. The molecule has 3 nitrogen and oxygen atoms in total. The summed E-state index contributed by atoms with van der Waals surface area (Å²) in [6, 6.07) is 6.03. The number of halogens is 1. The van der Waals surface area contributed by atoms with E-state index < -0.39 is 0 Å². The molecule has 0 unspecified atom stereocenters. The number of aryl methyl sites for hydroxylation is 1. The minimum Gasteiger partial charge on any atom is -0.314 e. The molecule has 2 aromatic heterocycles. The van der Waals surface area contributed by atoms with E-state index in [9.17, 15) is 0 Å². The average molecular weight is 254 g/mol. The Kier molecular flexibility index (Phi) is 2.56. The third-order valence-corrected chi connectivity index (χ3v) is 2.85. The summed E-state index contributed by atoms with van der Waals surface area (Å²) in [4.78, 5) is 4.49. The number of rotatable bonds is 2. The molecule has 0 amide bonds. The van der Waals surface area contributed by atoms with Crippen molar-refractivity contribution >= 4 is 21.6 Å². The Morgan fingerprint density at radius 3 is 3.00 bits per heavy atom. The quantitative estimate of drug-likeness (QED) is 0.832. The molecule has 0 aliphatic carbocycles. The summed E-state index contributed by atoms with van der Waals surface area (Å²) in [5, 5.41) is 3.15. The number of nitrogens with zero attached hydrogens (tertiary/aromatic N) is 2. The predicted molar refractivity (Wildman–Crippen MR) is 60.4 cm³/mol. The zero-order valence-corrected chi connectivity index (χ0v) is 9.80. The topological polar surface area (TPSA) is 29.3 Å². The first kappa shape index (κ1) is 9.68. The molecule has 1 N–H and O–H groups in total. The van der Waals surface area contributed by atoms with E-state index in [1.165, 1.54) is 5.69 Å². The third-order valence-electron chi connectivity index (χ3n) is 2.24. The summed E-state index contributed by atoms with van der Waals surface area (Å²) in [6.45, 7) is 2.86. The van der Waals surface area contributed by atoms with Crippen LogP contribution in [-0.2, 0) is 6.54 Å². The highest BCUT2D eigenvalue weighted by Crippen LogP contribution is 2.18. The van der Waals surface area contributed by atoms with E-state index in [1.807, 2.05) is 32.2 Å². The zero-order chi connectivity index (χ0) is 10.1. The van der Waals surface area contributed by atoms with Crippen molar-refractivity contribution in [3.8, 4) is 0 Å². The summed E-state index contributed by atoms with van der Waals surface area (Å²) in [6.07, 6.45) is 0. The summed E-state index contributed by atoms with van der Waals surface area (Å²) in [5.41, 5.74) is 3.27. The monoisotopic (exact) mass is 253 g/mol. The van der Waals surface area contributed by atoms with E-state index in [-0.39, 0.29) is 0 Å². The van der Waals surface area contributed by atoms with Crippen LogP contribution in [-0.4, -0.2) is 16.4 Å². The van der Waals surface area contributed by atoms with Crippen LogP contribution in [0.2, 0.25) is 0 Å². The second-order valence-electron chi connectivity index (χ2n) is 3.22. The van der Waals surface area contributed by atoms with E-state index >= 15 is 0 Å². The van der Waals surface area contributed by atoms with E-state index in [0.29, 0.717) is 0 Å². The van der Waals surface area contributed by atoms with Gasteiger partial charge in [0.2, 0.25) is 0 Å². The molecular weight excluding hydrogens is 242 g/mol. The number of fused-ring (bicyclic) bond motifs is 1. The Morgan fingerprint density at radius 1 is 1.50 bits per heavy atom. The summed E-state index contributed by atoms with van der Waals surface area (Å²) in [7, 11) is 1.94. The van der Waals surface area contributed by atoms with Crippen LogP contribution in [0.1, 0.15) is 11.4 Å². The molecule has 0 spiro atoms. The Balaban J connectivity index is 2.73. The maximum absolute atomic E-state index is 4.49. The third kappa shape index (κ3) is 1.44. The first-order chi connectivity index (χ1) is 6.74. The van der Waals surface area contributed by atoms with Crippen molar-refractivity contribution < 1.29 is 0 Å². The number of hydrogen-bond donors (Lipinski definition) is 1. The molecule has 0 aliphatic heterocycles. The normalized spacial score (nSPS) is 11.1.